The zero-order valence-corrected chi connectivity index (χ0v) is 14.8. The van der Waals surface area contributed by atoms with Gasteiger partial charge < -0.3 is 10.5 Å². The summed E-state index contributed by atoms with van der Waals surface area (Å²) in [6.07, 6.45) is 3.87. The number of hydrogen-bond acceptors (Lipinski definition) is 4. The van der Waals surface area contributed by atoms with E-state index in [2.05, 4.69) is 6.92 Å². The van der Waals surface area contributed by atoms with Gasteiger partial charge in [-0.05, 0) is 45.4 Å². The van der Waals surface area contributed by atoms with Crippen LogP contribution in [-0.4, -0.2) is 49.8 Å². The first kappa shape index (κ1) is 18.9. The van der Waals surface area contributed by atoms with Gasteiger partial charge in [-0.25, -0.2) is 8.42 Å². The molecular weight excluding hydrogens is 288 g/mol. The number of sulfonamides is 1. The van der Waals surface area contributed by atoms with E-state index < -0.39 is 15.6 Å². The maximum absolute atomic E-state index is 12.7. The Labute approximate surface area is 130 Å². The first-order valence-corrected chi connectivity index (χ1v) is 9.70. The van der Waals surface area contributed by atoms with Crippen LogP contribution >= 0.6 is 0 Å². The molecule has 0 unspecified atom stereocenters. The Hall–Kier alpha value is -0.170. The Bertz CT molecular complexity index is 401. The number of hydrogen-bond donors (Lipinski definition) is 1. The lowest BCUT2D eigenvalue weighted by Gasteiger charge is -2.45. The van der Waals surface area contributed by atoms with Crippen LogP contribution in [0.25, 0.3) is 0 Å². The maximum Gasteiger partial charge on any atom is 0.216 e. The van der Waals surface area contributed by atoms with Crippen LogP contribution in [0, 0.1) is 5.92 Å². The molecule has 0 aromatic heterocycles. The fourth-order valence-electron chi connectivity index (χ4n) is 3.18. The van der Waals surface area contributed by atoms with E-state index in [1.54, 1.807) is 4.31 Å². The molecular formula is C15H32N2O3S. The molecule has 21 heavy (non-hydrogen) atoms. The van der Waals surface area contributed by atoms with E-state index in [0.717, 1.165) is 25.7 Å². The highest BCUT2D eigenvalue weighted by Gasteiger charge is 2.43. The third-order valence-corrected chi connectivity index (χ3v) is 6.53. The van der Waals surface area contributed by atoms with Gasteiger partial charge in [-0.2, -0.15) is 4.31 Å². The van der Waals surface area contributed by atoms with E-state index >= 15 is 0 Å². The molecule has 1 aliphatic carbocycles. The lowest BCUT2D eigenvalue weighted by molar-refractivity contribution is 0.0875. The molecule has 1 aliphatic rings. The van der Waals surface area contributed by atoms with E-state index in [0.29, 0.717) is 19.0 Å². The molecule has 0 aliphatic heterocycles. The zero-order valence-electron chi connectivity index (χ0n) is 14.0. The van der Waals surface area contributed by atoms with Gasteiger partial charge in [0.1, 0.15) is 0 Å². The van der Waals surface area contributed by atoms with Gasteiger partial charge in [0.05, 0.1) is 18.5 Å². The van der Waals surface area contributed by atoms with E-state index in [-0.39, 0.29) is 18.5 Å². The summed E-state index contributed by atoms with van der Waals surface area (Å²) in [4.78, 5) is 0. The van der Waals surface area contributed by atoms with Gasteiger partial charge in [0.2, 0.25) is 10.0 Å². The van der Waals surface area contributed by atoms with Gasteiger partial charge in [-0.1, -0.05) is 13.8 Å². The Morgan fingerprint density at radius 2 is 1.90 bits per heavy atom. The summed E-state index contributed by atoms with van der Waals surface area (Å²) < 4.78 is 32.4. The summed E-state index contributed by atoms with van der Waals surface area (Å²) in [5, 5.41) is 0. The van der Waals surface area contributed by atoms with Gasteiger partial charge in [-0.15, -0.1) is 0 Å². The number of rotatable bonds is 8. The predicted molar refractivity (Wildman–Crippen MR) is 86.7 cm³/mol. The molecule has 0 bridgehead atoms. The fraction of sp³-hybridized carbons (Fsp3) is 1.00. The van der Waals surface area contributed by atoms with Crippen molar-refractivity contribution in [3.8, 4) is 0 Å². The minimum atomic E-state index is -3.33. The predicted octanol–water partition coefficient (Wildman–Crippen LogP) is 1.97. The molecule has 0 amide bonds. The molecule has 0 spiro atoms. The SMILES string of the molecule is CCN(C1(CN)CCC(C)CC1)S(=O)(=O)CCOC(C)C. The summed E-state index contributed by atoms with van der Waals surface area (Å²) in [7, 11) is -3.33. The lowest BCUT2D eigenvalue weighted by atomic mass is 9.77. The highest BCUT2D eigenvalue weighted by Crippen LogP contribution is 2.37. The van der Waals surface area contributed by atoms with Crippen LogP contribution in [0.3, 0.4) is 0 Å². The van der Waals surface area contributed by atoms with Gasteiger partial charge in [0.15, 0.2) is 0 Å². The molecule has 2 N–H and O–H groups in total. The monoisotopic (exact) mass is 320 g/mol. The largest absolute Gasteiger partial charge is 0.378 e. The van der Waals surface area contributed by atoms with Crippen molar-refractivity contribution in [3.63, 3.8) is 0 Å². The van der Waals surface area contributed by atoms with Crippen molar-refractivity contribution in [2.45, 2.75) is 65.0 Å². The highest BCUT2D eigenvalue weighted by molar-refractivity contribution is 7.89. The molecule has 0 aromatic rings. The van der Waals surface area contributed by atoms with Crippen LogP contribution in [0.1, 0.15) is 53.4 Å². The Balaban J connectivity index is 2.83. The Morgan fingerprint density at radius 1 is 1.33 bits per heavy atom. The van der Waals surface area contributed by atoms with Crippen molar-refractivity contribution in [3.05, 3.63) is 0 Å². The van der Waals surface area contributed by atoms with Gasteiger partial charge in [-0.3, -0.25) is 0 Å². The highest BCUT2D eigenvalue weighted by atomic mass is 32.2. The van der Waals surface area contributed by atoms with Crippen LogP contribution in [0.5, 0.6) is 0 Å². The van der Waals surface area contributed by atoms with E-state index in [1.807, 2.05) is 20.8 Å². The minimum Gasteiger partial charge on any atom is -0.378 e. The van der Waals surface area contributed by atoms with E-state index in [4.69, 9.17) is 10.5 Å². The molecule has 126 valence electrons. The number of nitrogens with two attached hydrogens (primary N) is 1. The van der Waals surface area contributed by atoms with Crippen LogP contribution in [0.4, 0.5) is 0 Å². The van der Waals surface area contributed by atoms with E-state index in [9.17, 15) is 8.42 Å². The second-order valence-electron chi connectivity index (χ2n) is 6.51. The van der Waals surface area contributed by atoms with Crippen molar-refractivity contribution in [2.24, 2.45) is 11.7 Å². The molecule has 1 fully saturated rings. The van der Waals surface area contributed by atoms with E-state index in [1.165, 1.54) is 0 Å². The molecule has 1 saturated carbocycles. The third-order valence-electron chi connectivity index (χ3n) is 4.53. The van der Waals surface area contributed by atoms with Gasteiger partial charge in [0, 0.05) is 18.6 Å². The summed E-state index contributed by atoms with van der Waals surface area (Å²) in [5.74, 6) is 0.700. The van der Waals surface area contributed by atoms with Crippen LogP contribution < -0.4 is 5.73 Å². The van der Waals surface area contributed by atoms with Crippen LogP contribution in [-0.2, 0) is 14.8 Å². The number of nitrogens with zero attached hydrogens (tertiary/aromatic N) is 1. The van der Waals surface area contributed by atoms with Crippen molar-refractivity contribution >= 4 is 10.0 Å². The Morgan fingerprint density at radius 3 is 2.33 bits per heavy atom. The fourth-order valence-corrected chi connectivity index (χ4v) is 4.95. The summed E-state index contributed by atoms with van der Waals surface area (Å²) in [6, 6.07) is 0. The molecule has 0 radical (unpaired) electrons. The molecule has 0 aromatic carbocycles. The van der Waals surface area contributed by atoms with Crippen molar-refractivity contribution in [1.29, 1.82) is 0 Å². The summed E-state index contributed by atoms with van der Waals surface area (Å²) in [6.45, 7) is 9.07. The Kier molecular flexibility index (Phi) is 7.10. The van der Waals surface area contributed by atoms with Gasteiger partial charge >= 0.3 is 0 Å². The summed E-state index contributed by atoms with van der Waals surface area (Å²) in [5.41, 5.74) is 5.61. The average Bonchev–Trinajstić information content (AvgIpc) is 2.41. The number of likely N-dealkylation sites (N-methyl/N-ethyl adjacent to an activating group) is 1. The van der Waals surface area contributed by atoms with Crippen LogP contribution in [0.15, 0.2) is 0 Å². The quantitative estimate of drug-likeness (QED) is 0.742. The molecule has 0 atom stereocenters. The first-order valence-electron chi connectivity index (χ1n) is 8.09. The van der Waals surface area contributed by atoms with Crippen molar-refractivity contribution in [1.82, 2.24) is 4.31 Å². The second-order valence-corrected chi connectivity index (χ2v) is 8.52. The minimum absolute atomic E-state index is 0.0380. The molecule has 6 heteroatoms. The summed E-state index contributed by atoms with van der Waals surface area (Å²) >= 11 is 0. The molecule has 1 rings (SSSR count). The topological polar surface area (TPSA) is 72.6 Å². The average molecular weight is 320 g/mol. The molecule has 0 heterocycles. The maximum atomic E-state index is 12.7. The van der Waals surface area contributed by atoms with Crippen molar-refractivity contribution < 1.29 is 13.2 Å². The van der Waals surface area contributed by atoms with Crippen molar-refractivity contribution in [2.75, 3.05) is 25.4 Å². The molecule has 5 nitrogen and oxygen atoms in total. The zero-order chi connectivity index (χ0) is 16.1. The third kappa shape index (κ3) is 4.91. The lowest BCUT2D eigenvalue weighted by Crippen LogP contribution is -2.58. The first-order chi connectivity index (χ1) is 9.77. The normalized spacial score (nSPS) is 27.5. The van der Waals surface area contributed by atoms with Crippen LogP contribution in [0.2, 0.25) is 0 Å². The second kappa shape index (κ2) is 7.90. The number of ether oxygens (including phenoxy) is 1. The standard InChI is InChI=1S/C15H32N2O3S/c1-5-17(21(18,19)11-10-20-13(2)3)15(12-16)8-6-14(4)7-9-15/h13-14H,5-12,16H2,1-4H3. The molecule has 0 saturated heterocycles. The van der Waals surface area contributed by atoms with Gasteiger partial charge in [0.25, 0.3) is 0 Å². The smallest absolute Gasteiger partial charge is 0.216 e.